The summed E-state index contributed by atoms with van der Waals surface area (Å²) >= 11 is 0. The highest BCUT2D eigenvalue weighted by atomic mass is 16.5. The number of carbonyl (C=O) groups excluding carboxylic acids is 1. The van der Waals surface area contributed by atoms with Crippen LogP contribution in [0.1, 0.15) is 35.1 Å². The molecule has 0 unspecified atom stereocenters. The summed E-state index contributed by atoms with van der Waals surface area (Å²) in [6.07, 6.45) is 4.67. The quantitative estimate of drug-likeness (QED) is 0.781. The lowest BCUT2D eigenvalue weighted by molar-refractivity contribution is 0.0520. The summed E-state index contributed by atoms with van der Waals surface area (Å²) in [6.45, 7) is 2.11. The number of rotatable bonds is 3. The van der Waals surface area contributed by atoms with E-state index in [1.54, 1.807) is 20.2 Å². The van der Waals surface area contributed by atoms with Crippen molar-refractivity contribution >= 4 is 11.7 Å². The topological polar surface area (TPSA) is 65.7 Å². The van der Waals surface area contributed by atoms with Gasteiger partial charge in [0.15, 0.2) is 5.69 Å². The predicted octanol–water partition coefficient (Wildman–Crippen LogP) is 1.40. The molecule has 0 bridgehead atoms. The van der Waals surface area contributed by atoms with Gasteiger partial charge in [0.2, 0.25) is 11.7 Å². The Morgan fingerprint density at radius 3 is 3.00 bits per heavy atom. The molecule has 2 aromatic heterocycles. The van der Waals surface area contributed by atoms with Gasteiger partial charge < -0.3 is 9.47 Å². The van der Waals surface area contributed by atoms with Crippen LogP contribution in [0, 0.1) is 0 Å². The summed E-state index contributed by atoms with van der Waals surface area (Å²) in [6, 6.07) is 0. The van der Waals surface area contributed by atoms with Crippen molar-refractivity contribution in [2.45, 2.75) is 26.2 Å². The number of carbonyl (C=O) groups is 1. The number of ether oxygens (including phenoxy) is 2. The normalized spacial score (nSPS) is 13.6. The second-order valence-corrected chi connectivity index (χ2v) is 4.42. The fraction of sp³-hybridized carbons (Fsp3) is 0.462. The average molecular weight is 261 g/mol. The van der Waals surface area contributed by atoms with Crippen LogP contribution in [0.15, 0.2) is 6.20 Å². The molecule has 2 heterocycles. The highest BCUT2D eigenvalue weighted by molar-refractivity contribution is 5.87. The van der Waals surface area contributed by atoms with Crippen LogP contribution in [-0.2, 0) is 17.6 Å². The van der Waals surface area contributed by atoms with Gasteiger partial charge in [-0.2, -0.15) is 4.98 Å². The largest absolute Gasteiger partial charge is 0.481 e. The second kappa shape index (κ2) is 4.53. The van der Waals surface area contributed by atoms with Gasteiger partial charge in [0.1, 0.15) is 0 Å². The lowest BCUT2D eigenvalue weighted by Crippen LogP contribution is -2.04. The first-order valence-corrected chi connectivity index (χ1v) is 6.36. The van der Waals surface area contributed by atoms with Gasteiger partial charge in [-0.05, 0) is 26.2 Å². The van der Waals surface area contributed by atoms with Gasteiger partial charge >= 0.3 is 5.97 Å². The molecule has 3 rings (SSSR count). The van der Waals surface area contributed by atoms with E-state index >= 15 is 0 Å². The molecule has 1 aliphatic carbocycles. The van der Waals surface area contributed by atoms with E-state index in [2.05, 4.69) is 9.97 Å². The molecule has 19 heavy (non-hydrogen) atoms. The zero-order chi connectivity index (χ0) is 13.4. The number of esters is 1. The van der Waals surface area contributed by atoms with Crippen LogP contribution in [0.4, 0.5) is 0 Å². The fourth-order valence-electron chi connectivity index (χ4n) is 2.50. The molecule has 0 N–H and O–H groups in total. The number of fused-ring (bicyclic) bond motifs is 3. The molecule has 0 fully saturated rings. The van der Waals surface area contributed by atoms with Gasteiger partial charge in [0, 0.05) is 17.5 Å². The minimum absolute atomic E-state index is 0.289. The maximum absolute atomic E-state index is 11.7. The Bertz CT molecular complexity index is 648. The monoisotopic (exact) mass is 261 g/mol. The van der Waals surface area contributed by atoms with E-state index in [-0.39, 0.29) is 5.69 Å². The number of aromatic nitrogens is 3. The maximum atomic E-state index is 11.7. The Labute approximate surface area is 110 Å². The van der Waals surface area contributed by atoms with E-state index < -0.39 is 5.97 Å². The first-order chi connectivity index (χ1) is 9.24. The lowest BCUT2D eigenvalue weighted by Gasteiger charge is -2.07. The standard InChI is InChI=1S/C13H15N3O3/c1-3-19-12(17)9-7-16-10-6-4-5-8(10)11(18-2)15-13(16)14-9/h7H,3-6H2,1-2H3. The van der Waals surface area contributed by atoms with Crippen molar-refractivity contribution in [1.82, 2.24) is 14.4 Å². The minimum Gasteiger partial charge on any atom is -0.481 e. The summed E-state index contributed by atoms with van der Waals surface area (Å²) < 4.78 is 12.1. The molecule has 0 atom stereocenters. The molecule has 0 saturated heterocycles. The van der Waals surface area contributed by atoms with Crippen LogP contribution in [0.25, 0.3) is 5.78 Å². The average Bonchev–Trinajstić information content (AvgIpc) is 3.03. The lowest BCUT2D eigenvalue weighted by atomic mass is 10.2. The van der Waals surface area contributed by atoms with Crippen molar-refractivity contribution in [1.29, 1.82) is 0 Å². The van der Waals surface area contributed by atoms with Crippen LogP contribution in [0.3, 0.4) is 0 Å². The van der Waals surface area contributed by atoms with Crippen LogP contribution < -0.4 is 4.74 Å². The molecule has 2 aromatic rings. The summed E-state index contributed by atoms with van der Waals surface area (Å²) in [5, 5.41) is 0. The van der Waals surface area contributed by atoms with Crippen molar-refractivity contribution < 1.29 is 14.3 Å². The van der Waals surface area contributed by atoms with Crippen LogP contribution in [0.2, 0.25) is 0 Å². The van der Waals surface area contributed by atoms with Crippen LogP contribution in [0.5, 0.6) is 5.88 Å². The number of hydrogen-bond acceptors (Lipinski definition) is 5. The Balaban J connectivity index is 2.15. The van der Waals surface area contributed by atoms with E-state index in [0.717, 1.165) is 30.5 Å². The van der Waals surface area contributed by atoms with Gasteiger partial charge in [0.25, 0.3) is 0 Å². The van der Waals surface area contributed by atoms with Gasteiger partial charge in [-0.1, -0.05) is 0 Å². The van der Waals surface area contributed by atoms with E-state index in [9.17, 15) is 4.79 Å². The summed E-state index contributed by atoms with van der Waals surface area (Å²) in [5.74, 6) is 0.681. The van der Waals surface area contributed by atoms with Crippen molar-refractivity contribution in [3.8, 4) is 5.88 Å². The highest BCUT2D eigenvalue weighted by Crippen LogP contribution is 2.29. The van der Waals surface area contributed by atoms with Gasteiger partial charge in [-0.3, -0.25) is 4.40 Å². The molecule has 0 saturated carbocycles. The van der Waals surface area contributed by atoms with E-state index in [0.29, 0.717) is 18.3 Å². The third kappa shape index (κ3) is 1.83. The van der Waals surface area contributed by atoms with Crippen LogP contribution in [-0.4, -0.2) is 34.1 Å². The van der Waals surface area contributed by atoms with Crippen molar-refractivity contribution in [3.05, 3.63) is 23.1 Å². The highest BCUT2D eigenvalue weighted by Gasteiger charge is 2.23. The SMILES string of the molecule is CCOC(=O)c1cn2c3c(c(OC)nc2n1)CCC3. The molecule has 0 radical (unpaired) electrons. The first kappa shape index (κ1) is 12.0. The number of imidazole rings is 1. The summed E-state index contributed by atoms with van der Waals surface area (Å²) in [4.78, 5) is 20.3. The zero-order valence-electron chi connectivity index (χ0n) is 11.0. The third-order valence-electron chi connectivity index (χ3n) is 3.30. The molecule has 0 spiro atoms. The van der Waals surface area contributed by atoms with Gasteiger partial charge in [-0.25, -0.2) is 9.78 Å². The Kier molecular flexibility index (Phi) is 2.85. The molecule has 0 aromatic carbocycles. The zero-order valence-corrected chi connectivity index (χ0v) is 11.0. The molecular formula is C13H15N3O3. The molecule has 0 aliphatic heterocycles. The van der Waals surface area contributed by atoms with Crippen molar-refractivity contribution in [2.24, 2.45) is 0 Å². The smallest absolute Gasteiger partial charge is 0.358 e. The second-order valence-electron chi connectivity index (χ2n) is 4.42. The number of methoxy groups -OCH3 is 1. The number of aryl methyl sites for hydroxylation is 1. The predicted molar refractivity (Wildman–Crippen MR) is 67.5 cm³/mol. The molecule has 6 nitrogen and oxygen atoms in total. The van der Waals surface area contributed by atoms with Gasteiger partial charge in [0.05, 0.1) is 13.7 Å². The Hall–Kier alpha value is -2.11. The number of hydrogen-bond donors (Lipinski definition) is 0. The molecule has 1 aliphatic rings. The molecular weight excluding hydrogens is 246 g/mol. The first-order valence-electron chi connectivity index (χ1n) is 6.36. The minimum atomic E-state index is -0.418. The van der Waals surface area contributed by atoms with Gasteiger partial charge in [-0.15, -0.1) is 0 Å². The van der Waals surface area contributed by atoms with Crippen molar-refractivity contribution in [3.63, 3.8) is 0 Å². The number of nitrogens with zero attached hydrogens (tertiary/aromatic N) is 3. The fourth-order valence-corrected chi connectivity index (χ4v) is 2.50. The van der Waals surface area contributed by atoms with E-state index in [1.807, 2.05) is 4.40 Å². The summed E-state index contributed by atoms with van der Waals surface area (Å²) in [5.41, 5.74) is 2.53. The third-order valence-corrected chi connectivity index (χ3v) is 3.30. The van der Waals surface area contributed by atoms with Crippen molar-refractivity contribution in [2.75, 3.05) is 13.7 Å². The summed E-state index contributed by atoms with van der Waals surface area (Å²) in [7, 11) is 1.60. The van der Waals surface area contributed by atoms with E-state index in [4.69, 9.17) is 9.47 Å². The molecule has 0 amide bonds. The van der Waals surface area contributed by atoms with Crippen LogP contribution >= 0.6 is 0 Å². The van der Waals surface area contributed by atoms with E-state index in [1.165, 1.54) is 0 Å². The molecule has 6 heteroatoms. The Morgan fingerprint density at radius 2 is 2.26 bits per heavy atom. The Morgan fingerprint density at radius 1 is 1.42 bits per heavy atom. The molecule has 100 valence electrons. The maximum Gasteiger partial charge on any atom is 0.358 e.